The zero-order valence-corrected chi connectivity index (χ0v) is 14.0. The van der Waals surface area contributed by atoms with Gasteiger partial charge in [-0.15, -0.1) is 0 Å². The van der Waals surface area contributed by atoms with Crippen molar-refractivity contribution in [2.75, 3.05) is 39.3 Å². The number of nitrogens with zero attached hydrogens (tertiary/aromatic N) is 2. The minimum absolute atomic E-state index is 0.434. The summed E-state index contributed by atoms with van der Waals surface area (Å²) in [5, 5.41) is 0. The second-order valence-corrected chi connectivity index (χ2v) is 8.16. The van der Waals surface area contributed by atoms with Crippen LogP contribution in [0.3, 0.4) is 0 Å². The average molecular weight is 293 g/mol. The van der Waals surface area contributed by atoms with Gasteiger partial charge < -0.3 is 10.6 Å². The third-order valence-electron chi connectivity index (χ3n) is 6.48. The monoisotopic (exact) mass is 293 g/mol. The Kier molecular flexibility index (Phi) is 5.23. The number of hydrogen-bond donors (Lipinski definition) is 1. The molecule has 3 rings (SSSR count). The van der Waals surface area contributed by atoms with Crippen LogP contribution in [0.2, 0.25) is 0 Å². The molecule has 0 aromatic heterocycles. The quantitative estimate of drug-likeness (QED) is 0.865. The highest BCUT2D eigenvalue weighted by Crippen LogP contribution is 2.39. The molecule has 1 unspecified atom stereocenters. The minimum atomic E-state index is 0.434. The minimum Gasteiger partial charge on any atom is -0.330 e. The van der Waals surface area contributed by atoms with Gasteiger partial charge in [0.1, 0.15) is 0 Å². The van der Waals surface area contributed by atoms with Crippen LogP contribution < -0.4 is 5.73 Å². The average Bonchev–Trinajstić information content (AvgIpc) is 2.99. The molecule has 21 heavy (non-hydrogen) atoms. The Morgan fingerprint density at radius 2 is 1.71 bits per heavy atom. The van der Waals surface area contributed by atoms with Crippen molar-refractivity contribution in [2.45, 2.75) is 64.3 Å². The van der Waals surface area contributed by atoms with Crippen LogP contribution in [0, 0.1) is 11.3 Å². The number of piperidine rings is 1. The van der Waals surface area contributed by atoms with E-state index in [4.69, 9.17) is 5.73 Å². The molecule has 0 spiro atoms. The molecule has 0 aromatic rings. The van der Waals surface area contributed by atoms with Crippen LogP contribution in [0.25, 0.3) is 0 Å². The first-order valence-corrected chi connectivity index (χ1v) is 9.37. The molecule has 2 aliphatic heterocycles. The molecule has 2 saturated heterocycles. The highest BCUT2D eigenvalue weighted by Gasteiger charge is 2.37. The molecule has 3 fully saturated rings. The third kappa shape index (κ3) is 3.80. The van der Waals surface area contributed by atoms with Crippen molar-refractivity contribution >= 4 is 0 Å². The number of hydrogen-bond acceptors (Lipinski definition) is 3. The van der Waals surface area contributed by atoms with Gasteiger partial charge in [-0.25, -0.2) is 0 Å². The Hall–Kier alpha value is -0.120. The summed E-state index contributed by atoms with van der Waals surface area (Å²) in [7, 11) is 0. The van der Waals surface area contributed by atoms with Gasteiger partial charge in [0.15, 0.2) is 0 Å². The van der Waals surface area contributed by atoms with Crippen LogP contribution in [0.1, 0.15) is 58.3 Å². The lowest BCUT2D eigenvalue weighted by Crippen LogP contribution is -2.46. The topological polar surface area (TPSA) is 32.5 Å². The first-order chi connectivity index (χ1) is 10.2. The Morgan fingerprint density at radius 3 is 2.38 bits per heavy atom. The summed E-state index contributed by atoms with van der Waals surface area (Å²) in [6.45, 7) is 9.86. The van der Waals surface area contributed by atoms with Crippen LogP contribution in [0.5, 0.6) is 0 Å². The van der Waals surface area contributed by atoms with E-state index in [1.165, 1.54) is 84.1 Å². The van der Waals surface area contributed by atoms with Gasteiger partial charge in [-0.05, 0) is 69.6 Å². The molecule has 3 heteroatoms. The van der Waals surface area contributed by atoms with Crippen LogP contribution >= 0.6 is 0 Å². The standard InChI is InChI=1S/C18H35N3/c1-16-5-8-18(14-19,9-6-16)15-20-12-7-17(13-20)21-10-3-2-4-11-21/h16-17H,2-15,19H2,1H3. The lowest BCUT2D eigenvalue weighted by Gasteiger charge is -2.41. The molecule has 2 heterocycles. The summed E-state index contributed by atoms with van der Waals surface area (Å²) in [6.07, 6.45) is 11.2. The van der Waals surface area contributed by atoms with E-state index in [2.05, 4.69) is 16.7 Å². The van der Waals surface area contributed by atoms with E-state index >= 15 is 0 Å². The maximum atomic E-state index is 6.20. The highest BCUT2D eigenvalue weighted by molar-refractivity contribution is 4.92. The summed E-state index contributed by atoms with van der Waals surface area (Å²) >= 11 is 0. The van der Waals surface area contributed by atoms with Crippen molar-refractivity contribution in [1.82, 2.24) is 9.80 Å². The molecule has 1 saturated carbocycles. The molecule has 3 nitrogen and oxygen atoms in total. The molecule has 0 aromatic carbocycles. The summed E-state index contributed by atoms with van der Waals surface area (Å²) in [5.41, 5.74) is 6.64. The van der Waals surface area contributed by atoms with Gasteiger partial charge in [0.2, 0.25) is 0 Å². The fourth-order valence-electron chi connectivity index (χ4n) is 4.81. The van der Waals surface area contributed by atoms with E-state index in [1.807, 2.05) is 0 Å². The van der Waals surface area contributed by atoms with Crippen LogP contribution in [-0.4, -0.2) is 55.1 Å². The van der Waals surface area contributed by atoms with Crippen molar-refractivity contribution < 1.29 is 0 Å². The van der Waals surface area contributed by atoms with Crippen molar-refractivity contribution in [3.63, 3.8) is 0 Å². The van der Waals surface area contributed by atoms with Gasteiger partial charge in [0.25, 0.3) is 0 Å². The Bertz CT molecular complexity index is 316. The van der Waals surface area contributed by atoms with E-state index in [1.54, 1.807) is 0 Å². The largest absolute Gasteiger partial charge is 0.330 e. The second kappa shape index (κ2) is 6.97. The molecule has 2 N–H and O–H groups in total. The van der Waals surface area contributed by atoms with Gasteiger partial charge in [0.05, 0.1) is 0 Å². The van der Waals surface area contributed by atoms with E-state index in [0.717, 1.165) is 18.5 Å². The summed E-state index contributed by atoms with van der Waals surface area (Å²) < 4.78 is 0. The van der Waals surface area contributed by atoms with Crippen molar-refractivity contribution in [1.29, 1.82) is 0 Å². The van der Waals surface area contributed by atoms with Crippen molar-refractivity contribution in [2.24, 2.45) is 17.1 Å². The maximum Gasteiger partial charge on any atom is 0.0235 e. The van der Waals surface area contributed by atoms with Gasteiger partial charge in [-0.3, -0.25) is 4.90 Å². The number of nitrogens with two attached hydrogens (primary N) is 1. The predicted molar refractivity (Wildman–Crippen MR) is 89.4 cm³/mol. The van der Waals surface area contributed by atoms with E-state index in [9.17, 15) is 0 Å². The van der Waals surface area contributed by atoms with E-state index in [-0.39, 0.29) is 0 Å². The Morgan fingerprint density at radius 1 is 1.00 bits per heavy atom. The van der Waals surface area contributed by atoms with Crippen LogP contribution in [0.4, 0.5) is 0 Å². The van der Waals surface area contributed by atoms with Crippen LogP contribution in [-0.2, 0) is 0 Å². The zero-order chi connectivity index (χ0) is 14.7. The Labute approximate surface area is 131 Å². The maximum absolute atomic E-state index is 6.20. The predicted octanol–water partition coefficient (Wildman–Crippen LogP) is 2.70. The molecule has 122 valence electrons. The molecule has 0 bridgehead atoms. The Balaban J connectivity index is 1.51. The number of likely N-dealkylation sites (tertiary alicyclic amines) is 2. The first-order valence-electron chi connectivity index (χ1n) is 9.37. The van der Waals surface area contributed by atoms with Crippen molar-refractivity contribution in [3.8, 4) is 0 Å². The normalized spacial score (nSPS) is 39.7. The molecular formula is C18H35N3. The molecule has 0 radical (unpaired) electrons. The molecule has 0 amide bonds. The van der Waals surface area contributed by atoms with Crippen molar-refractivity contribution in [3.05, 3.63) is 0 Å². The first kappa shape index (κ1) is 15.8. The smallest absolute Gasteiger partial charge is 0.0235 e. The summed E-state index contributed by atoms with van der Waals surface area (Å²) in [4.78, 5) is 5.50. The van der Waals surface area contributed by atoms with Gasteiger partial charge in [-0.2, -0.15) is 0 Å². The zero-order valence-electron chi connectivity index (χ0n) is 14.0. The lowest BCUT2D eigenvalue weighted by molar-refractivity contribution is 0.0982. The van der Waals surface area contributed by atoms with Gasteiger partial charge in [-0.1, -0.05) is 26.2 Å². The fourth-order valence-corrected chi connectivity index (χ4v) is 4.81. The van der Waals surface area contributed by atoms with Gasteiger partial charge >= 0.3 is 0 Å². The molecular weight excluding hydrogens is 258 g/mol. The summed E-state index contributed by atoms with van der Waals surface area (Å²) in [6, 6.07) is 0.836. The second-order valence-electron chi connectivity index (χ2n) is 8.16. The fraction of sp³-hybridized carbons (Fsp3) is 1.00. The van der Waals surface area contributed by atoms with E-state index in [0.29, 0.717) is 5.41 Å². The lowest BCUT2D eigenvalue weighted by atomic mass is 9.70. The SMILES string of the molecule is CC1CCC(CN)(CN2CCC(N3CCCCC3)C2)CC1. The summed E-state index contributed by atoms with van der Waals surface area (Å²) in [5.74, 6) is 0.921. The van der Waals surface area contributed by atoms with E-state index < -0.39 is 0 Å². The molecule has 1 atom stereocenters. The molecule has 3 aliphatic rings. The number of rotatable bonds is 4. The van der Waals surface area contributed by atoms with Crippen LogP contribution in [0.15, 0.2) is 0 Å². The highest BCUT2D eigenvalue weighted by atomic mass is 15.3. The third-order valence-corrected chi connectivity index (χ3v) is 6.48. The molecule has 1 aliphatic carbocycles. The van der Waals surface area contributed by atoms with Gasteiger partial charge in [0, 0.05) is 19.1 Å².